The average molecular weight is 406 g/mol. The molecule has 8 heteroatoms. The summed E-state index contributed by atoms with van der Waals surface area (Å²) in [5.41, 5.74) is 0.995. The fourth-order valence-corrected chi connectivity index (χ4v) is 2.95. The highest BCUT2D eigenvalue weighted by atomic mass is 16.6. The van der Waals surface area contributed by atoms with Crippen LogP contribution in [0.2, 0.25) is 0 Å². The van der Waals surface area contributed by atoms with Gasteiger partial charge in [0.2, 0.25) is 0 Å². The fourth-order valence-electron chi connectivity index (χ4n) is 2.95. The average Bonchev–Trinajstić information content (AvgIpc) is 2.72. The van der Waals surface area contributed by atoms with Crippen LogP contribution in [0.1, 0.15) is 26.3 Å². The van der Waals surface area contributed by atoms with Crippen molar-refractivity contribution >= 4 is 11.8 Å². The van der Waals surface area contributed by atoms with Crippen molar-refractivity contribution in [1.82, 2.24) is 9.80 Å². The Morgan fingerprint density at radius 1 is 1.03 bits per heavy atom. The Hall–Kier alpha value is -3.54. The van der Waals surface area contributed by atoms with Crippen LogP contribution < -0.4 is 5.32 Å². The molecule has 1 fully saturated rings. The highest BCUT2D eigenvalue weighted by Gasteiger charge is 2.25. The van der Waals surface area contributed by atoms with Gasteiger partial charge in [0, 0.05) is 38.4 Å². The van der Waals surface area contributed by atoms with E-state index in [2.05, 4.69) is 10.2 Å². The molecule has 0 bridgehead atoms. The third-order valence-corrected chi connectivity index (χ3v) is 4.55. The first-order chi connectivity index (χ1) is 14.3. The predicted octanol–water partition coefficient (Wildman–Crippen LogP) is 3.02. The Balaban J connectivity index is 1.82. The van der Waals surface area contributed by atoms with E-state index in [1.165, 1.54) is 0 Å². The number of allylic oxidation sites excluding steroid dienone is 2. The highest BCUT2D eigenvalue weighted by Crippen LogP contribution is 2.15. The molecule has 0 atom stereocenters. The van der Waals surface area contributed by atoms with Crippen LogP contribution in [0.15, 0.2) is 35.5 Å². The minimum Gasteiger partial charge on any atom is -0.444 e. The van der Waals surface area contributed by atoms with Crippen LogP contribution in [0.3, 0.4) is 0 Å². The first-order valence-electron chi connectivity index (χ1n) is 9.76. The van der Waals surface area contributed by atoms with E-state index in [1.54, 1.807) is 17.0 Å². The normalized spacial score (nSPS) is 14.1. The van der Waals surface area contributed by atoms with Crippen LogP contribution >= 0.6 is 0 Å². The number of benzene rings is 1. The second-order valence-electron chi connectivity index (χ2n) is 7.97. The summed E-state index contributed by atoms with van der Waals surface area (Å²) in [5.74, 6) is 0. The maximum Gasteiger partial charge on any atom is 0.410 e. The van der Waals surface area contributed by atoms with Crippen molar-refractivity contribution in [1.29, 1.82) is 15.8 Å². The highest BCUT2D eigenvalue weighted by molar-refractivity contribution is 5.68. The summed E-state index contributed by atoms with van der Waals surface area (Å²) < 4.78 is 5.42. The number of rotatable bonds is 5. The van der Waals surface area contributed by atoms with Crippen LogP contribution in [0.5, 0.6) is 0 Å². The zero-order valence-corrected chi connectivity index (χ0v) is 17.6. The van der Waals surface area contributed by atoms with E-state index in [-0.39, 0.29) is 17.4 Å². The summed E-state index contributed by atoms with van der Waals surface area (Å²) in [6, 6.07) is 12.8. The smallest absolute Gasteiger partial charge is 0.410 e. The Morgan fingerprint density at radius 2 is 1.63 bits per heavy atom. The van der Waals surface area contributed by atoms with E-state index in [0.717, 1.165) is 31.6 Å². The van der Waals surface area contributed by atoms with E-state index in [0.29, 0.717) is 18.8 Å². The molecular formula is C22H26N6O2. The summed E-state index contributed by atoms with van der Waals surface area (Å²) >= 11 is 0. The number of nitriles is 3. The standard InChI is InChI=1S/C22H26N6O2/c1-22(2,3)30-21(29)28-12-10-27(11-13-28)9-8-17-4-6-19(7-5-17)26-20(16-25)18(14-23)15-24/h4-7,26H,8-13H2,1-3H3. The lowest BCUT2D eigenvalue weighted by Crippen LogP contribution is -2.50. The van der Waals surface area contributed by atoms with Gasteiger partial charge in [-0.05, 0) is 44.9 Å². The first-order valence-corrected chi connectivity index (χ1v) is 9.76. The lowest BCUT2D eigenvalue weighted by atomic mass is 10.1. The Bertz CT molecular complexity index is 885. The SMILES string of the molecule is CC(C)(C)OC(=O)N1CCN(CCc2ccc(NC(C#N)=C(C#N)C#N)cc2)CC1. The van der Waals surface area contributed by atoms with Crippen molar-refractivity contribution < 1.29 is 9.53 Å². The number of carbonyl (C=O) groups excluding carboxylic acids is 1. The number of hydrogen-bond donors (Lipinski definition) is 1. The van der Waals surface area contributed by atoms with Crippen molar-refractivity contribution in [2.75, 3.05) is 38.0 Å². The number of anilines is 1. The van der Waals surface area contributed by atoms with E-state index < -0.39 is 5.60 Å². The predicted molar refractivity (Wildman–Crippen MR) is 112 cm³/mol. The topological polar surface area (TPSA) is 116 Å². The Labute approximate surface area is 177 Å². The summed E-state index contributed by atoms with van der Waals surface area (Å²) in [7, 11) is 0. The lowest BCUT2D eigenvalue weighted by molar-refractivity contribution is 0.0146. The molecule has 2 rings (SSSR count). The molecule has 156 valence electrons. The molecule has 1 N–H and O–H groups in total. The number of carbonyl (C=O) groups is 1. The van der Waals surface area contributed by atoms with Gasteiger partial charge in [0.1, 0.15) is 29.5 Å². The van der Waals surface area contributed by atoms with Crippen molar-refractivity contribution in [3.63, 3.8) is 0 Å². The zero-order chi connectivity index (χ0) is 22.1. The van der Waals surface area contributed by atoms with Crippen LogP contribution in [0, 0.1) is 34.0 Å². The monoisotopic (exact) mass is 406 g/mol. The number of nitrogens with zero attached hydrogens (tertiary/aromatic N) is 5. The molecule has 30 heavy (non-hydrogen) atoms. The van der Waals surface area contributed by atoms with Gasteiger partial charge in [0.15, 0.2) is 5.57 Å². The Kier molecular flexibility index (Phi) is 7.81. The number of amides is 1. The summed E-state index contributed by atoms with van der Waals surface area (Å²) in [6.07, 6.45) is 0.599. The fraction of sp³-hybridized carbons (Fsp3) is 0.455. The van der Waals surface area contributed by atoms with Gasteiger partial charge in [-0.2, -0.15) is 15.8 Å². The van der Waals surface area contributed by atoms with E-state index in [9.17, 15) is 4.79 Å². The van der Waals surface area contributed by atoms with E-state index >= 15 is 0 Å². The minimum atomic E-state index is -0.482. The molecule has 1 saturated heterocycles. The van der Waals surface area contributed by atoms with Crippen molar-refractivity contribution in [2.24, 2.45) is 0 Å². The minimum absolute atomic E-state index is 0.0596. The maximum absolute atomic E-state index is 12.1. The van der Waals surface area contributed by atoms with Gasteiger partial charge in [0.25, 0.3) is 0 Å². The molecule has 8 nitrogen and oxygen atoms in total. The molecule has 0 saturated carbocycles. The van der Waals surface area contributed by atoms with Crippen LogP contribution in [0.4, 0.5) is 10.5 Å². The molecule has 0 aliphatic carbocycles. The molecule has 1 aromatic carbocycles. The number of piperazine rings is 1. The second-order valence-corrected chi connectivity index (χ2v) is 7.97. The summed E-state index contributed by atoms with van der Waals surface area (Å²) in [6.45, 7) is 9.40. The summed E-state index contributed by atoms with van der Waals surface area (Å²) in [5, 5.41) is 29.7. The van der Waals surface area contributed by atoms with E-state index in [1.807, 2.05) is 51.1 Å². The molecular weight excluding hydrogens is 380 g/mol. The first kappa shape index (κ1) is 22.7. The largest absolute Gasteiger partial charge is 0.444 e. The molecule has 0 spiro atoms. The maximum atomic E-state index is 12.1. The molecule has 1 aliphatic heterocycles. The second kappa shape index (κ2) is 10.3. The molecule has 1 aromatic rings. The van der Waals surface area contributed by atoms with Gasteiger partial charge in [-0.25, -0.2) is 4.79 Å². The van der Waals surface area contributed by atoms with Crippen LogP contribution in [-0.2, 0) is 11.2 Å². The van der Waals surface area contributed by atoms with Crippen LogP contribution in [-0.4, -0.2) is 54.2 Å². The van der Waals surface area contributed by atoms with Gasteiger partial charge < -0.3 is 15.0 Å². The molecule has 0 unspecified atom stereocenters. The van der Waals surface area contributed by atoms with Gasteiger partial charge in [-0.1, -0.05) is 12.1 Å². The summed E-state index contributed by atoms with van der Waals surface area (Å²) in [4.78, 5) is 16.2. The molecule has 1 heterocycles. The van der Waals surface area contributed by atoms with Gasteiger partial charge in [-0.15, -0.1) is 0 Å². The van der Waals surface area contributed by atoms with Crippen molar-refractivity contribution in [3.05, 3.63) is 41.1 Å². The third kappa shape index (κ3) is 6.81. The number of hydrogen-bond acceptors (Lipinski definition) is 7. The lowest BCUT2D eigenvalue weighted by Gasteiger charge is -2.35. The van der Waals surface area contributed by atoms with Gasteiger partial charge >= 0.3 is 6.09 Å². The van der Waals surface area contributed by atoms with Gasteiger partial charge in [0.05, 0.1) is 0 Å². The van der Waals surface area contributed by atoms with E-state index in [4.69, 9.17) is 20.5 Å². The molecule has 0 aromatic heterocycles. The number of nitrogens with one attached hydrogen (secondary N) is 1. The molecule has 0 radical (unpaired) electrons. The third-order valence-electron chi connectivity index (χ3n) is 4.55. The zero-order valence-electron chi connectivity index (χ0n) is 17.6. The Morgan fingerprint density at radius 3 is 2.13 bits per heavy atom. The number of ether oxygens (including phenoxy) is 1. The van der Waals surface area contributed by atoms with Gasteiger partial charge in [-0.3, -0.25) is 4.90 Å². The molecule has 1 aliphatic rings. The van der Waals surface area contributed by atoms with Crippen molar-refractivity contribution in [2.45, 2.75) is 32.8 Å². The van der Waals surface area contributed by atoms with Crippen molar-refractivity contribution in [3.8, 4) is 18.2 Å². The quantitative estimate of drug-likeness (QED) is 0.747. The molecule has 1 amide bonds. The van der Waals surface area contributed by atoms with Crippen LogP contribution in [0.25, 0.3) is 0 Å².